The molecule has 2 aromatic rings. The number of ether oxygens (including phenoxy) is 2. The molecule has 31 heavy (non-hydrogen) atoms. The third kappa shape index (κ3) is 5.04. The smallest absolute Gasteiger partial charge is 0.184 e. The quantitative estimate of drug-likeness (QED) is 0.540. The van der Waals surface area contributed by atoms with E-state index in [4.69, 9.17) is 21.1 Å². The van der Waals surface area contributed by atoms with Crippen LogP contribution in [0.4, 0.5) is 0 Å². The van der Waals surface area contributed by atoms with Gasteiger partial charge in [0.05, 0.1) is 13.2 Å². The van der Waals surface area contributed by atoms with Gasteiger partial charge in [0.2, 0.25) is 0 Å². The van der Waals surface area contributed by atoms with Gasteiger partial charge < -0.3 is 9.47 Å². The minimum absolute atomic E-state index is 0.0807. The molecule has 0 saturated carbocycles. The maximum absolute atomic E-state index is 13.3. The molecular weight excluding hydrogens is 410 g/mol. The van der Waals surface area contributed by atoms with Crippen LogP contribution in [0.5, 0.6) is 0 Å². The minimum atomic E-state index is -0.815. The average molecular weight is 442 g/mol. The van der Waals surface area contributed by atoms with Gasteiger partial charge in [-0.25, -0.2) is 0 Å². The number of likely N-dealkylation sites (tertiary alicyclic amines) is 1. The zero-order chi connectivity index (χ0) is 21.8. The molecule has 0 radical (unpaired) electrons. The van der Waals surface area contributed by atoms with Gasteiger partial charge in [-0.15, -0.1) is 11.6 Å². The van der Waals surface area contributed by atoms with Crippen molar-refractivity contribution in [3.8, 4) is 0 Å². The SMILES string of the molecule is COCc1cc2c(cc1COC)C(=O)C(Cl)(CC1CCN(Cc3ccccc3)CC1)C2. The zero-order valence-corrected chi connectivity index (χ0v) is 19.3. The second kappa shape index (κ2) is 9.83. The van der Waals surface area contributed by atoms with E-state index in [1.54, 1.807) is 14.2 Å². The van der Waals surface area contributed by atoms with Crippen molar-refractivity contribution >= 4 is 17.4 Å². The van der Waals surface area contributed by atoms with Gasteiger partial charge in [-0.3, -0.25) is 9.69 Å². The Bertz CT molecular complexity index is 908. The number of carbonyl (C=O) groups is 1. The van der Waals surface area contributed by atoms with E-state index in [0.29, 0.717) is 25.6 Å². The average Bonchev–Trinajstić information content (AvgIpc) is 3.00. The molecule has 2 aromatic carbocycles. The first-order chi connectivity index (χ1) is 15.0. The monoisotopic (exact) mass is 441 g/mol. The molecular formula is C26H32ClNO3. The number of alkyl halides is 1. The van der Waals surface area contributed by atoms with Crippen molar-refractivity contribution in [1.82, 2.24) is 4.90 Å². The maximum Gasteiger partial charge on any atom is 0.184 e. The number of ketones is 1. The van der Waals surface area contributed by atoms with E-state index in [1.807, 2.05) is 6.07 Å². The zero-order valence-electron chi connectivity index (χ0n) is 18.5. The van der Waals surface area contributed by atoms with Crippen molar-refractivity contribution in [2.45, 2.75) is 50.3 Å². The molecule has 1 fully saturated rings. The minimum Gasteiger partial charge on any atom is -0.380 e. The predicted octanol–water partition coefficient (Wildman–Crippen LogP) is 5.00. The van der Waals surface area contributed by atoms with Crippen LogP contribution >= 0.6 is 11.6 Å². The molecule has 0 bridgehead atoms. The van der Waals surface area contributed by atoms with Gasteiger partial charge >= 0.3 is 0 Å². The summed E-state index contributed by atoms with van der Waals surface area (Å²) in [7, 11) is 3.35. The summed E-state index contributed by atoms with van der Waals surface area (Å²) in [6.45, 7) is 4.09. The first kappa shape index (κ1) is 22.5. The maximum atomic E-state index is 13.3. The van der Waals surface area contributed by atoms with Gasteiger partial charge in [0, 0.05) is 26.3 Å². The Labute approximate surface area is 190 Å². The van der Waals surface area contributed by atoms with Gasteiger partial charge in [-0.1, -0.05) is 36.4 Å². The molecule has 4 nitrogen and oxygen atoms in total. The highest BCUT2D eigenvalue weighted by Gasteiger charge is 2.45. The number of rotatable bonds is 8. The number of halogens is 1. The van der Waals surface area contributed by atoms with E-state index in [-0.39, 0.29) is 5.78 Å². The molecule has 2 aliphatic rings. The molecule has 166 valence electrons. The van der Waals surface area contributed by atoms with Crippen LogP contribution in [0.1, 0.15) is 51.9 Å². The topological polar surface area (TPSA) is 38.8 Å². The van der Waals surface area contributed by atoms with E-state index >= 15 is 0 Å². The number of carbonyl (C=O) groups excluding carboxylic acids is 1. The summed E-state index contributed by atoms with van der Waals surface area (Å²) in [5.74, 6) is 0.567. The highest BCUT2D eigenvalue weighted by Crippen LogP contribution is 2.42. The second-order valence-corrected chi connectivity index (χ2v) is 9.75. The lowest BCUT2D eigenvalue weighted by Crippen LogP contribution is -2.38. The van der Waals surface area contributed by atoms with E-state index in [2.05, 4.69) is 41.3 Å². The van der Waals surface area contributed by atoms with Crippen molar-refractivity contribution in [3.05, 3.63) is 70.3 Å². The highest BCUT2D eigenvalue weighted by molar-refractivity contribution is 6.39. The lowest BCUT2D eigenvalue weighted by atomic mass is 9.84. The Morgan fingerprint density at radius 3 is 2.32 bits per heavy atom. The number of benzene rings is 2. The van der Waals surface area contributed by atoms with E-state index in [1.165, 1.54) is 5.56 Å². The fraction of sp³-hybridized carbons (Fsp3) is 0.500. The summed E-state index contributed by atoms with van der Waals surface area (Å²) in [4.78, 5) is 15.0. The van der Waals surface area contributed by atoms with E-state index in [9.17, 15) is 4.79 Å². The third-order valence-electron chi connectivity index (χ3n) is 6.72. The lowest BCUT2D eigenvalue weighted by Gasteiger charge is -2.34. The molecule has 4 rings (SSSR count). The Hall–Kier alpha value is -1.72. The van der Waals surface area contributed by atoms with Gasteiger partial charge in [0.25, 0.3) is 0 Å². The highest BCUT2D eigenvalue weighted by atomic mass is 35.5. The van der Waals surface area contributed by atoms with Gasteiger partial charge in [0.1, 0.15) is 4.87 Å². The summed E-state index contributed by atoms with van der Waals surface area (Å²) < 4.78 is 10.7. The lowest BCUT2D eigenvalue weighted by molar-refractivity contribution is 0.0919. The van der Waals surface area contributed by atoms with Crippen molar-refractivity contribution in [3.63, 3.8) is 0 Å². The van der Waals surface area contributed by atoms with Crippen LogP contribution in [0.3, 0.4) is 0 Å². The van der Waals surface area contributed by atoms with Gasteiger partial charge in [-0.05, 0) is 73.0 Å². The van der Waals surface area contributed by atoms with Crippen LogP contribution in [-0.4, -0.2) is 42.9 Å². The normalized spacial score (nSPS) is 22.1. The Kier molecular flexibility index (Phi) is 7.12. The van der Waals surface area contributed by atoms with Crippen LogP contribution in [0.15, 0.2) is 42.5 Å². The van der Waals surface area contributed by atoms with E-state index in [0.717, 1.165) is 61.2 Å². The fourth-order valence-electron chi connectivity index (χ4n) is 5.11. The molecule has 0 spiro atoms. The summed E-state index contributed by atoms with van der Waals surface area (Å²) in [5, 5.41) is 0. The number of fused-ring (bicyclic) bond motifs is 1. The van der Waals surface area contributed by atoms with Crippen molar-refractivity contribution < 1.29 is 14.3 Å². The van der Waals surface area contributed by atoms with Crippen molar-refractivity contribution in [2.24, 2.45) is 5.92 Å². The first-order valence-corrected chi connectivity index (χ1v) is 11.5. The number of nitrogens with zero attached hydrogens (tertiary/aromatic N) is 1. The summed E-state index contributed by atoms with van der Waals surface area (Å²) >= 11 is 7.02. The van der Waals surface area contributed by atoms with Crippen LogP contribution in [0.2, 0.25) is 0 Å². The summed E-state index contributed by atoms with van der Waals surface area (Å²) in [6.07, 6.45) is 3.54. The molecule has 1 heterocycles. The molecule has 1 unspecified atom stereocenters. The number of hydrogen-bond donors (Lipinski definition) is 0. The van der Waals surface area contributed by atoms with Crippen LogP contribution < -0.4 is 0 Å². The number of piperidine rings is 1. The molecule has 1 saturated heterocycles. The summed E-state index contributed by atoms with van der Waals surface area (Å²) in [6, 6.07) is 14.7. The Balaban J connectivity index is 1.40. The van der Waals surface area contributed by atoms with E-state index < -0.39 is 4.87 Å². The number of methoxy groups -OCH3 is 2. The third-order valence-corrected chi connectivity index (χ3v) is 7.18. The van der Waals surface area contributed by atoms with Gasteiger partial charge in [0.15, 0.2) is 5.78 Å². The Morgan fingerprint density at radius 2 is 1.68 bits per heavy atom. The molecule has 0 N–H and O–H groups in total. The molecule has 1 aliphatic carbocycles. The molecule has 0 amide bonds. The molecule has 1 atom stereocenters. The van der Waals surface area contributed by atoms with Crippen LogP contribution in [0, 0.1) is 5.92 Å². The predicted molar refractivity (Wildman–Crippen MR) is 124 cm³/mol. The summed E-state index contributed by atoms with van der Waals surface area (Å²) in [5.41, 5.74) is 5.25. The largest absolute Gasteiger partial charge is 0.380 e. The molecule has 0 aromatic heterocycles. The molecule has 5 heteroatoms. The second-order valence-electron chi connectivity index (χ2n) is 9.02. The van der Waals surface area contributed by atoms with Crippen molar-refractivity contribution in [2.75, 3.05) is 27.3 Å². The van der Waals surface area contributed by atoms with Crippen LogP contribution in [-0.2, 0) is 35.7 Å². The standard InChI is InChI=1S/C26H32ClNO3/c1-30-17-22-12-21-15-26(27,25(29)24(21)13-23(22)18-31-2)14-19-8-10-28(11-9-19)16-20-6-4-3-5-7-20/h3-7,12-13,19H,8-11,14-18H2,1-2H3. The fourth-order valence-corrected chi connectivity index (χ4v) is 5.58. The van der Waals surface area contributed by atoms with Crippen LogP contribution in [0.25, 0.3) is 0 Å². The van der Waals surface area contributed by atoms with Crippen molar-refractivity contribution in [1.29, 1.82) is 0 Å². The van der Waals surface area contributed by atoms with Gasteiger partial charge in [-0.2, -0.15) is 0 Å². The molecule has 1 aliphatic heterocycles. The number of Topliss-reactive ketones (excluding diaryl/α,β-unsaturated/α-hetero) is 1. The number of hydrogen-bond acceptors (Lipinski definition) is 4. The first-order valence-electron chi connectivity index (χ1n) is 11.1. The Morgan fingerprint density at radius 1 is 1.03 bits per heavy atom.